The Balaban J connectivity index is 1.84. The van der Waals surface area contributed by atoms with Crippen LogP contribution in [0.5, 0.6) is 0 Å². The van der Waals surface area contributed by atoms with Crippen molar-refractivity contribution in [2.45, 2.75) is 29.2 Å². The Kier molecular flexibility index (Phi) is 4.53. The fourth-order valence-electron chi connectivity index (χ4n) is 5.10. The minimum absolute atomic E-state index is 0.0943. The Morgan fingerprint density at radius 1 is 1.13 bits per heavy atom. The zero-order valence-corrected chi connectivity index (χ0v) is 17.8. The van der Waals surface area contributed by atoms with Crippen LogP contribution in [-0.4, -0.2) is 43.8 Å². The lowest BCUT2D eigenvalue weighted by Crippen LogP contribution is -2.66. The van der Waals surface area contributed by atoms with Crippen LogP contribution < -0.4 is 5.32 Å². The number of ether oxygens (including phenoxy) is 1. The molecule has 3 aromatic rings. The number of benzene rings is 2. The highest BCUT2D eigenvalue weighted by atomic mass is 32.2. The molecule has 2 bridgehead atoms. The molecule has 1 N–H and O–H groups in total. The summed E-state index contributed by atoms with van der Waals surface area (Å²) in [6.07, 6.45) is 0.378. The van der Waals surface area contributed by atoms with Gasteiger partial charge in [-0.25, -0.2) is 12.4 Å². The molecule has 1 saturated carbocycles. The minimum Gasteiger partial charge on any atom is -0.468 e. The van der Waals surface area contributed by atoms with E-state index in [4.69, 9.17) is 4.74 Å². The van der Waals surface area contributed by atoms with Gasteiger partial charge in [-0.15, -0.1) is 0 Å². The van der Waals surface area contributed by atoms with E-state index in [0.29, 0.717) is 23.1 Å². The maximum absolute atomic E-state index is 13.8. The summed E-state index contributed by atoms with van der Waals surface area (Å²) in [5.41, 5.74) is -0.469. The topological polar surface area (TPSA) is 94.5 Å². The van der Waals surface area contributed by atoms with E-state index >= 15 is 0 Å². The number of carbonyl (C=O) groups is 2. The summed E-state index contributed by atoms with van der Waals surface area (Å²) in [5, 5.41) is 3.99. The number of rotatable bonds is 4. The molecule has 2 aliphatic heterocycles. The zero-order chi connectivity index (χ0) is 21.8. The molecule has 6 rings (SSSR count). The van der Waals surface area contributed by atoms with Gasteiger partial charge < -0.3 is 10.1 Å². The first-order valence-corrected chi connectivity index (χ1v) is 11.6. The summed E-state index contributed by atoms with van der Waals surface area (Å²) in [6, 6.07) is 16.5. The maximum atomic E-state index is 13.8. The van der Waals surface area contributed by atoms with E-state index in [9.17, 15) is 18.0 Å². The number of para-hydroxylation sites is 1. The number of piperidine rings is 2. The number of nitrogens with one attached hydrogen (secondary N) is 1. The van der Waals surface area contributed by atoms with Crippen LogP contribution in [0.2, 0.25) is 0 Å². The first-order valence-electron chi connectivity index (χ1n) is 10.2. The smallest absolute Gasteiger partial charge is 0.319 e. The third-order valence-electron chi connectivity index (χ3n) is 6.59. The number of hydrogen-bond donors (Lipinski definition) is 1. The predicted octanol–water partition coefficient (Wildman–Crippen LogP) is 2.24. The lowest BCUT2D eigenvalue weighted by Gasteiger charge is -2.49. The van der Waals surface area contributed by atoms with Gasteiger partial charge in [0.05, 0.1) is 23.2 Å². The van der Waals surface area contributed by atoms with Crippen molar-refractivity contribution in [1.82, 2.24) is 9.29 Å². The molecule has 0 amide bonds. The number of Topliss-reactive ketones (excluding diaryl/α,β-unsaturated/α-hetero) is 1. The van der Waals surface area contributed by atoms with Crippen molar-refractivity contribution in [3.63, 3.8) is 0 Å². The molecule has 0 spiro atoms. The highest BCUT2D eigenvalue weighted by Crippen LogP contribution is 2.47. The van der Waals surface area contributed by atoms with Crippen LogP contribution in [0.3, 0.4) is 0 Å². The van der Waals surface area contributed by atoms with Crippen molar-refractivity contribution in [1.29, 1.82) is 0 Å². The molecule has 2 saturated heterocycles. The van der Waals surface area contributed by atoms with Crippen LogP contribution in [-0.2, 0) is 29.8 Å². The molecule has 8 heteroatoms. The van der Waals surface area contributed by atoms with Gasteiger partial charge in [0.15, 0.2) is 0 Å². The van der Waals surface area contributed by atoms with E-state index in [1.54, 1.807) is 36.4 Å². The molecule has 160 valence electrons. The number of methoxy groups -OCH3 is 1. The molecule has 3 heterocycles. The molecule has 0 radical (unpaired) electrons. The Morgan fingerprint density at radius 2 is 1.84 bits per heavy atom. The summed E-state index contributed by atoms with van der Waals surface area (Å²) in [5.74, 6) is -0.804. The Morgan fingerprint density at radius 3 is 2.48 bits per heavy atom. The van der Waals surface area contributed by atoms with Gasteiger partial charge >= 0.3 is 5.97 Å². The van der Waals surface area contributed by atoms with E-state index in [0.717, 1.165) is 0 Å². The molecular weight excluding hydrogens is 416 g/mol. The zero-order valence-electron chi connectivity index (χ0n) is 16.9. The number of nitrogens with zero attached hydrogens (tertiary/aromatic N) is 1. The van der Waals surface area contributed by atoms with Gasteiger partial charge in [0.1, 0.15) is 11.2 Å². The van der Waals surface area contributed by atoms with Crippen LogP contribution >= 0.6 is 0 Å². The number of fused-ring (bicyclic) bond motifs is 4. The number of hydrogen-bond acceptors (Lipinski definition) is 6. The minimum atomic E-state index is -4.02. The van der Waals surface area contributed by atoms with Gasteiger partial charge in [-0.2, -0.15) is 0 Å². The molecule has 3 aliphatic rings. The average molecular weight is 439 g/mol. The highest BCUT2D eigenvalue weighted by Gasteiger charge is 2.59. The quantitative estimate of drug-likeness (QED) is 0.628. The monoisotopic (exact) mass is 438 g/mol. The number of esters is 1. The number of aromatic nitrogens is 1. The van der Waals surface area contributed by atoms with Crippen LogP contribution in [0.25, 0.3) is 10.9 Å². The maximum Gasteiger partial charge on any atom is 0.319 e. The van der Waals surface area contributed by atoms with Crippen LogP contribution in [0.1, 0.15) is 18.5 Å². The molecule has 3 fully saturated rings. The second-order valence-electron chi connectivity index (χ2n) is 8.17. The summed E-state index contributed by atoms with van der Waals surface area (Å²) < 4.78 is 34.1. The Hall–Kier alpha value is -2.97. The third kappa shape index (κ3) is 2.78. The lowest BCUT2D eigenvalue weighted by atomic mass is 9.61. The Bertz CT molecular complexity index is 1300. The van der Waals surface area contributed by atoms with Gasteiger partial charge in [0.25, 0.3) is 10.0 Å². The molecule has 1 aromatic heterocycles. The van der Waals surface area contributed by atoms with E-state index < -0.39 is 27.4 Å². The molecule has 31 heavy (non-hydrogen) atoms. The summed E-state index contributed by atoms with van der Waals surface area (Å²) in [4.78, 5) is 25.9. The van der Waals surface area contributed by atoms with E-state index in [-0.39, 0.29) is 29.4 Å². The van der Waals surface area contributed by atoms with Gasteiger partial charge in [-0.3, -0.25) is 9.59 Å². The van der Waals surface area contributed by atoms with E-state index in [2.05, 4.69) is 5.32 Å². The van der Waals surface area contributed by atoms with Gasteiger partial charge in [-0.05, 0) is 30.7 Å². The van der Waals surface area contributed by atoms with E-state index in [1.165, 1.54) is 23.2 Å². The molecule has 1 aliphatic carbocycles. The third-order valence-corrected chi connectivity index (χ3v) is 8.33. The fraction of sp³-hybridized carbons (Fsp3) is 0.304. The normalized spacial score (nSPS) is 25.6. The summed E-state index contributed by atoms with van der Waals surface area (Å²) in [6.45, 7) is 0.480. The van der Waals surface area contributed by atoms with Crippen molar-refractivity contribution in [3.8, 4) is 0 Å². The van der Waals surface area contributed by atoms with Gasteiger partial charge in [0.2, 0.25) is 0 Å². The van der Waals surface area contributed by atoms with Crippen molar-refractivity contribution in [2.24, 2.45) is 5.92 Å². The predicted molar refractivity (Wildman–Crippen MR) is 114 cm³/mol. The summed E-state index contributed by atoms with van der Waals surface area (Å²) >= 11 is 0. The highest BCUT2D eigenvalue weighted by molar-refractivity contribution is 7.90. The average Bonchev–Trinajstić information content (AvgIpc) is 3.20. The molecule has 0 unspecified atom stereocenters. The van der Waals surface area contributed by atoms with Crippen molar-refractivity contribution in [2.75, 3.05) is 13.7 Å². The standard InChI is InChI=1S/C23H22N2O5S/c1-30-22(27)23(13-16-14-24-20(23)12-19(16)26)21-11-15-7-5-6-10-18(15)25(21)31(28,29)17-8-3-2-4-9-17/h2-11,16,20,24H,12-14H2,1H3/t16-,20+,23+/m0/s1. The van der Waals surface area contributed by atoms with Crippen LogP contribution in [0, 0.1) is 5.92 Å². The van der Waals surface area contributed by atoms with Gasteiger partial charge in [0, 0.05) is 30.3 Å². The summed E-state index contributed by atoms with van der Waals surface area (Å²) in [7, 11) is -2.72. The van der Waals surface area contributed by atoms with Crippen molar-refractivity contribution in [3.05, 3.63) is 66.4 Å². The molecular formula is C23H22N2O5S. The second kappa shape index (κ2) is 7.03. The van der Waals surface area contributed by atoms with E-state index in [1.807, 2.05) is 12.1 Å². The number of ketones is 1. The fourth-order valence-corrected chi connectivity index (χ4v) is 6.71. The SMILES string of the molecule is COC(=O)[C@]1(c2cc3ccccc3n2S(=O)(=O)c2ccccc2)C[C@H]2CN[C@@H]1CC2=O. The molecule has 3 atom stereocenters. The number of carbonyl (C=O) groups excluding carboxylic acids is 2. The second-order valence-corrected chi connectivity index (χ2v) is 9.95. The lowest BCUT2D eigenvalue weighted by molar-refractivity contribution is -0.155. The van der Waals surface area contributed by atoms with Crippen LogP contribution in [0.15, 0.2) is 65.6 Å². The van der Waals surface area contributed by atoms with Gasteiger partial charge in [-0.1, -0.05) is 36.4 Å². The molecule has 7 nitrogen and oxygen atoms in total. The van der Waals surface area contributed by atoms with Crippen LogP contribution in [0.4, 0.5) is 0 Å². The van der Waals surface area contributed by atoms with Crippen molar-refractivity contribution >= 4 is 32.7 Å². The Labute approximate surface area is 180 Å². The first kappa shape index (κ1) is 20.0. The molecule has 2 aromatic carbocycles. The van der Waals surface area contributed by atoms with Crippen molar-refractivity contribution < 1.29 is 22.7 Å². The first-order chi connectivity index (χ1) is 14.9. The largest absolute Gasteiger partial charge is 0.468 e.